The molecule has 2 aromatic carbocycles. The van der Waals surface area contributed by atoms with Gasteiger partial charge in [-0.15, -0.1) is 0 Å². The molecule has 2 rings (SSSR count). The standard InChI is InChI=1S/C14H9BrClFN2/c15-11-2-4-14(12(16)6-11)19-8-10-5-9(7-18)1-3-13(10)17/h1-6,19H,8H2. The lowest BCUT2D eigenvalue weighted by molar-refractivity contribution is 0.612. The van der Waals surface area contributed by atoms with Crippen LogP contribution in [0.1, 0.15) is 11.1 Å². The fraction of sp³-hybridized carbons (Fsp3) is 0.0714. The van der Waals surface area contributed by atoms with Crippen molar-refractivity contribution in [2.24, 2.45) is 0 Å². The molecule has 0 amide bonds. The highest BCUT2D eigenvalue weighted by Crippen LogP contribution is 2.26. The van der Waals surface area contributed by atoms with Crippen LogP contribution in [0.15, 0.2) is 40.9 Å². The number of nitrogens with zero attached hydrogens (tertiary/aromatic N) is 1. The summed E-state index contributed by atoms with van der Waals surface area (Å²) in [5.41, 5.74) is 1.57. The highest BCUT2D eigenvalue weighted by atomic mass is 79.9. The zero-order valence-corrected chi connectivity index (χ0v) is 12.1. The Bertz CT molecular complexity index is 652. The second-order valence-corrected chi connectivity index (χ2v) is 5.22. The number of hydrogen-bond donors (Lipinski definition) is 1. The van der Waals surface area contributed by atoms with Crippen molar-refractivity contribution in [1.82, 2.24) is 0 Å². The number of halogens is 3. The molecule has 2 nitrogen and oxygen atoms in total. The number of anilines is 1. The minimum Gasteiger partial charge on any atom is -0.380 e. The summed E-state index contributed by atoms with van der Waals surface area (Å²) in [4.78, 5) is 0. The van der Waals surface area contributed by atoms with Gasteiger partial charge in [0.25, 0.3) is 0 Å². The lowest BCUT2D eigenvalue weighted by Gasteiger charge is -2.09. The van der Waals surface area contributed by atoms with E-state index < -0.39 is 0 Å². The van der Waals surface area contributed by atoms with Gasteiger partial charge in [-0.3, -0.25) is 0 Å². The molecule has 0 fully saturated rings. The smallest absolute Gasteiger partial charge is 0.128 e. The highest BCUT2D eigenvalue weighted by Gasteiger charge is 2.05. The molecular weight excluding hydrogens is 331 g/mol. The van der Waals surface area contributed by atoms with Crippen LogP contribution in [0.3, 0.4) is 0 Å². The summed E-state index contributed by atoms with van der Waals surface area (Å²) >= 11 is 9.37. The number of nitrogens with one attached hydrogen (secondary N) is 1. The van der Waals surface area contributed by atoms with Crippen LogP contribution in [0.4, 0.5) is 10.1 Å². The van der Waals surface area contributed by atoms with Gasteiger partial charge in [0, 0.05) is 16.6 Å². The molecule has 5 heteroatoms. The van der Waals surface area contributed by atoms with Crippen LogP contribution in [0.5, 0.6) is 0 Å². The maximum Gasteiger partial charge on any atom is 0.128 e. The molecule has 0 radical (unpaired) electrons. The van der Waals surface area contributed by atoms with Crippen molar-refractivity contribution in [3.05, 3.63) is 62.8 Å². The van der Waals surface area contributed by atoms with Crippen molar-refractivity contribution < 1.29 is 4.39 Å². The molecule has 96 valence electrons. The van der Waals surface area contributed by atoms with Crippen LogP contribution in [0, 0.1) is 17.1 Å². The topological polar surface area (TPSA) is 35.8 Å². The maximum atomic E-state index is 13.6. The molecule has 0 heterocycles. The van der Waals surface area contributed by atoms with E-state index in [-0.39, 0.29) is 12.4 Å². The molecule has 0 bridgehead atoms. The summed E-state index contributed by atoms with van der Waals surface area (Å²) in [6.07, 6.45) is 0. The first-order valence-electron chi connectivity index (χ1n) is 5.47. The van der Waals surface area contributed by atoms with Crippen LogP contribution in [-0.2, 0) is 6.54 Å². The molecule has 0 unspecified atom stereocenters. The predicted octanol–water partition coefficient (Wildman–Crippen LogP) is 4.73. The molecule has 0 atom stereocenters. The van der Waals surface area contributed by atoms with E-state index in [2.05, 4.69) is 21.2 Å². The Kier molecular flexibility index (Phi) is 4.41. The second kappa shape index (κ2) is 6.05. The molecule has 0 aliphatic rings. The molecule has 0 spiro atoms. The monoisotopic (exact) mass is 338 g/mol. The minimum atomic E-state index is -0.347. The van der Waals surface area contributed by atoms with Crippen LogP contribution < -0.4 is 5.32 Å². The number of nitriles is 1. The number of rotatable bonds is 3. The lowest BCUT2D eigenvalue weighted by Crippen LogP contribution is -2.02. The van der Waals surface area contributed by atoms with Gasteiger partial charge >= 0.3 is 0 Å². The van der Waals surface area contributed by atoms with Gasteiger partial charge in [-0.25, -0.2) is 4.39 Å². The summed E-state index contributed by atoms with van der Waals surface area (Å²) < 4.78 is 14.5. The van der Waals surface area contributed by atoms with E-state index >= 15 is 0 Å². The third-order valence-corrected chi connectivity index (χ3v) is 3.38. The second-order valence-electron chi connectivity index (χ2n) is 3.90. The Morgan fingerprint density at radius 3 is 2.74 bits per heavy atom. The van der Waals surface area contributed by atoms with E-state index in [9.17, 15) is 4.39 Å². The van der Waals surface area contributed by atoms with Crippen molar-refractivity contribution in [2.45, 2.75) is 6.54 Å². The molecular formula is C14H9BrClFN2. The summed E-state index contributed by atoms with van der Waals surface area (Å²) in [6, 6.07) is 11.7. The molecule has 0 aliphatic heterocycles. The van der Waals surface area contributed by atoms with E-state index in [0.29, 0.717) is 21.8 Å². The first-order chi connectivity index (χ1) is 9.10. The van der Waals surface area contributed by atoms with Crippen molar-refractivity contribution in [1.29, 1.82) is 5.26 Å². The fourth-order valence-electron chi connectivity index (χ4n) is 1.60. The number of hydrogen-bond acceptors (Lipinski definition) is 2. The van der Waals surface area contributed by atoms with Gasteiger partial charge in [0.1, 0.15) is 5.82 Å². The Balaban J connectivity index is 2.16. The first kappa shape index (κ1) is 13.9. The molecule has 19 heavy (non-hydrogen) atoms. The minimum absolute atomic E-state index is 0.267. The van der Waals surface area contributed by atoms with Crippen molar-refractivity contribution in [3.8, 4) is 6.07 Å². The molecule has 0 saturated heterocycles. The van der Waals surface area contributed by atoms with Crippen LogP contribution in [-0.4, -0.2) is 0 Å². The predicted molar refractivity (Wildman–Crippen MR) is 77.6 cm³/mol. The van der Waals surface area contributed by atoms with Crippen LogP contribution in [0.25, 0.3) is 0 Å². The van der Waals surface area contributed by atoms with Gasteiger partial charge in [0.15, 0.2) is 0 Å². The maximum absolute atomic E-state index is 13.6. The summed E-state index contributed by atoms with van der Waals surface area (Å²) in [6.45, 7) is 0.267. The molecule has 0 aromatic heterocycles. The molecule has 2 aromatic rings. The van der Waals surface area contributed by atoms with E-state index in [1.165, 1.54) is 18.2 Å². The van der Waals surface area contributed by atoms with Crippen molar-refractivity contribution in [2.75, 3.05) is 5.32 Å². The fourth-order valence-corrected chi connectivity index (χ4v) is 2.34. The Labute approximate surface area is 123 Å². The Hall–Kier alpha value is -1.57. The Morgan fingerprint density at radius 1 is 1.26 bits per heavy atom. The zero-order chi connectivity index (χ0) is 13.8. The molecule has 0 aliphatic carbocycles. The summed E-state index contributed by atoms with van der Waals surface area (Å²) in [5.74, 6) is -0.347. The normalized spacial score (nSPS) is 10.0. The van der Waals surface area contributed by atoms with E-state index in [1.54, 1.807) is 12.1 Å². The van der Waals surface area contributed by atoms with Gasteiger partial charge in [-0.05, 0) is 36.4 Å². The summed E-state index contributed by atoms with van der Waals surface area (Å²) in [7, 11) is 0. The Morgan fingerprint density at radius 2 is 2.05 bits per heavy atom. The summed E-state index contributed by atoms with van der Waals surface area (Å²) in [5, 5.41) is 12.4. The van der Waals surface area contributed by atoms with Crippen LogP contribution in [0.2, 0.25) is 5.02 Å². The van der Waals surface area contributed by atoms with Crippen molar-refractivity contribution in [3.63, 3.8) is 0 Å². The van der Waals surface area contributed by atoms with E-state index in [1.807, 2.05) is 12.1 Å². The van der Waals surface area contributed by atoms with Gasteiger partial charge in [-0.1, -0.05) is 27.5 Å². The van der Waals surface area contributed by atoms with E-state index in [4.69, 9.17) is 16.9 Å². The first-order valence-corrected chi connectivity index (χ1v) is 6.64. The zero-order valence-electron chi connectivity index (χ0n) is 9.75. The molecule has 0 saturated carbocycles. The third kappa shape index (κ3) is 3.46. The van der Waals surface area contributed by atoms with Gasteiger partial charge in [0.05, 0.1) is 22.3 Å². The third-order valence-electron chi connectivity index (χ3n) is 2.58. The SMILES string of the molecule is N#Cc1ccc(F)c(CNc2ccc(Br)cc2Cl)c1. The van der Waals surface area contributed by atoms with E-state index in [0.717, 1.165) is 4.47 Å². The van der Waals surface area contributed by atoms with Crippen molar-refractivity contribution >= 4 is 33.2 Å². The highest BCUT2D eigenvalue weighted by molar-refractivity contribution is 9.10. The quantitative estimate of drug-likeness (QED) is 0.878. The van der Waals surface area contributed by atoms with Gasteiger partial charge in [-0.2, -0.15) is 5.26 Å². The largest absolute Gasteiger partial charge is 0.380 e. The average Bonchev–Trinajstić information content (AvgIpc) is 2.39. The molecule has 1 N–H and O–H groups in total. The van der Waals surface area contributed by atoms with Crippen LogP contribution >= 0.6 is 27.5 Å². The van der Waals surface area contributed by atoms with Gasteiger partial charge in [0.2, 0.25) is 0 Å². The average molecular weight is 340 g/mol. The van der Waals surface area contributed by atoms with Gasteiger partial charge < -0.3 is 5.32 Å². The number of benzene rings is 2. The lowest BCUT2D eigenvalue weighted by atomic mass is 10.1.